The fourth-order valence-corrected chi connectivity index (χ4v) is 4.85. The summed E-state index contributed by atoms with van der Waals surface area (Å²) in [5.74, 6) is 1.50. The van der Waals surface area contributed by atoms with Crippen molar-refractivity contribution in [1.82, 2.24) is 19.9 Å². The molecule has 1 aliphatic rings. The first-order chi connectivity index (χ1) is 14.7. The van der Waals surface area contributed by atoms with E-state index in [1.165, 1.54) is 5.56 Å². The van der Waals surface area contributed by atoms with Crippen molar-refractivity contribution in [1.29, 1.82) is 0 Å². The molecule has 150 valence electrons. The lowest BCUT2D eigenvalue weighted by Gasteiger charge is -2.20. The van der Waals surface area contributed by atoms with Gasteiger partial charge in [0, 0.05) is 23.7 Å². The van der Waals surface area contributed by atoms with Gasteiger partial charge < -0.3 is 10.5 Å². The van der Waals surface area contributed by atoms with Crippen LogP contribution in [-0.2, 0) is 24.4 Å². The van der Waals surface area contributed by atoms with Gasteiger partial charge in [-0.1, -0.05) is 41.6 Å². The highest BCUT2D eigenvalue weighted by atomic mass is 35.5. The van der Waals surface area contributed by atoms with E-state index in [0.29, 0.717) is 29.2 Å². The summed E-state index contributed by atoms with van der Waals surface area (Å²) < 4.78 is 5.68. The molecule has 0 radical (unpaired) electrons. The number of hydrogen-bond acceptors (Lipinski definition) is 7. The first kappa shape index (κ1) is 19.2. The number of ether oxygens (including phenoxy) is 1. The van der Waals surface area contributed by atoms with Crippen LogP contribution in [0.2, 0.25) is 5.02 Å². The van der Waals surface area contributed by atoms with E-state index < -0.39 is 0 Å². The molecule has 3 heterocycles. The highest BCUT2D eigenvalue weighted by Gasteiger charge is 2.20. The molecule has 0 aliphatic carbocycles. The van der Waals surface area contributed by atoms with Crippen LogP contribution in [0.15, 0.2) is 53.9 Å². The van der Waals surface area contributed by atoms with E-state index in [4.69, 9.17) is 22.1 Å². The number of nitrogens with zero attached hydrogens (tertiary/aromatic N) is 4. The molecular formula is C22H18ClN5OS. The summed E-state index contributed by atoms with van der Waals surface area (Å²) in [6.07, 6.45) is 4.48. The van der Waals surface area contributed by atoms with Crippen molar-refractivity contribution in [3.63, 3.8) is 0 Å². The van der Waals surface area contributed by atoms with Gasteiger partial charge in [0.2, 0.25) is 5.95 Å². The number of nitrogen functional groups attached to an aromatic ring is 1. The van der Waals surface area contributed by atoms with Crippen LogP contribution in [0.4, 0.5) is 5.95 Å². The SMILES string of the molecule is Nc1nc(SCCc2ccncc2)nc(-c2c(Cl)cc3c4c(cccc24)COC3)n1. The normalized spacial score (nSPS) is 13.0. The molecule has 0 saturated carbocycles. The number of thioether (sulfide) groups is 1. The molecule has 30 heavy (non-hydrogen) atoms. The minimum Gasteiger partial charge on any atom is -0.372 e. The van der Waals surface area contributed by atoms with Gasteiger partial charge in [0.15, 0.2) is 11.0 Å². The van der Waals surface area contributed by atoms with E-state index in [1.54, 1.807) is 24.2 Å². The predicted octanol–water partition coefficient (Wildman–Crippen LogP) is 4.69. The third kappa shape index (κ3) is 3.71. The minimum atomic E-state index is 0.186. The zero-order valence-corrected chi connectivity index (χ0v) is 17.6. The van der Waals surface area contributed by atoms with Crippen molar-refractivity contribution in [2.75, 3.05) is 11.5 Å². The maximum Gasteiger partial charge on any atom is 0.224 e. The Kier molecular flexibility index (Phi) is 5.25. The van der Waals surface area contributed by atoms with Crippen molar-refractivity contribution in [3.05, 3.63) is 70.5 Å². The zero-order valence-electron chi connectivity index (χ0n) is 16.0. The summed E-state index contributed by atoms with van der Waals surface area (Å²) in [7, 11) is 0. The minimum absolute atomic E-state index is 0.186. The summed E-state index contributed by atoms with van der Waals surface area (Å²) in [6, 6.07) is 12.1. The Bertz CT molecular complexity index is 1240. The summed E-state index contributed by atoms with van der Waals surface area (Å²) >= 11 is 8.22. The quantitative estimate of drug-likeness (QED) is 0.455. The number of aromatic nitrogens is 4. The molecule has 4 aromatic rings. The Morgan fingerprint density at radius 2 is 1.87 bits per heavy atom. The number of hydrogen-bond donors (Lipinski definition) is 1. The fraction of sp³-hybridized carbons (Fsp3) is 0.182. The van der Waals surface area contributed by atoms with Gasteiger partial charge in [0.25, 0.3) is 0 Å². The largest absolute Gasteiger partial charge is 0.372 e. The van der Waals surface area contributed by atoms with Crippen molar-refractivity contribution in [3.8, 4) is 11.4 Å². The molecule has 1 aliphatic heterocycles. The Hall–Kier alpha value is -2.74. The van der Waals surface area contributed by atoms with Crippen molar-refractivity contribution < 1.29 is 4.74 Å². The molecule has 0 spiro atoms. The number of nitrogens with two attached hydrogens (primary N) is 1. The van der Waals surface area contributed by atoms with Gasteiger partial charge in [0.05, 0.1) is 18.2 Å². The van der Waals surface area contributed by atoms with E-state index in [1.807, 2.05) is 30.3 Å². The van der Waals surface area contributed by atoms with Crippen molar-refractivity contribution >= 4 is 40.1 Å². The van der Waals surface area contributed by atoms with Gasteiger partial charge in [-0.05, 0) is 52.1 Å². The molecule has 8 heteroatoms. The number of benzene rings is 2. The van der Waals surface area contributed by atoms with Crippen LogP contribution in [0.1, 0.15) is 16.7 Å². The summed E-state index contributed by atoms with van der Waals surface area (Å²) in [5, 5.41) is 3.34. The van der Waals surface area contributed by atoms with Crippen LogP contribution in [0.25, 0.3) is 22.2 Å². The highest BCUT2D eigenvalue weighted by Crippen LogP contribution is 2.39. The molecule has 2 aromatic heterocycles. The lowest BCUT2D eigenvalue weighted by atomic mass is 9.94. The molecule has 0 saturated heterocycles. The molecule has 6 nitrogen and oxygen atoms in total. The molecule has 2 N–H and O–H groups in total. The first-order valence-corrected chi connectivity index (χ1v) is 10.9. The second-order valence-electron chi connectivity index (χ2n) is 6.98. The number of rotatable bonds is 5. The maximum absolute atomic E-state index is 6.68. The van der Waals surface area contributed by atoms with E-state index in [-0.39, 0.29) is 5.95 Å². The van der Waals surface area contributed by atoms with Crippen LogP contribution >= 0.6 is 23.4 Å². The molecule has 0 fully saturated rings. The van der Waals surface area contributed by atoms with Gasteiger partial charge in [-0.2, -0.15) is 9.97 Å². The Balaban J connectivity index is 1.51. The van der Waals surface area contributed by atoms with Crippen LogP contribution < -0.4 is 5.73 Å². The molecule has 0 bridgehead atoms. The van der Waals surface area contributed by atoms with Gasteiger partial charge in [0.1, 0.15) is 0 Å². The Morgan fingerprint density at radius 1 is 1.03 bits per heavy atom. The van der Waals surface area contributed by atoms with Crippen molar-refractivity contribution in [2.45, 2.75) is 24.8 Å². The second kappa shape index (κ2) is 8.18. The maximum atomic E-state index is 6.68. The van der Waals surface area contributed by atoms with E-state index in [0.717, 1.165) is 39.6 Å². The number of halogens is 1. The Labute approximate surface area is 182 Å². The number of aryl methyl sites for hydroxylation is 1. The summed E-state index contributed by atoms with van der Waals surface area (Å²) in [5.41, 5.74) is 10.2. The molecule has 5 rings (SSSR count). The standard InChI is InChI=1S/C22H18ClN5OS/c23-17-10-15-12-29-11-14-2-1-3-16(18(14)15)19(17)20-26-21(24)28-22(27-20)30-9-6-13-4-7-25-8-5-13/h1-5,7-8,10H,6,9,11-12H2,(H2,24,26,27,28). The number of pyridine rings is 1. The summed E-state index contributed by atoms with van der Waals surface area (Å²) in [6.45, 7) is 1.13. The Morgan fingerprint density at radius 3 is 2.73 bits per heavy atom. The second-order valence-corrected chi connectivity index (χ2v) is 8.45. The van der Waals surface area contributed by atoms with Crippen LogP contribution in [0.5, 0.6) is 0 Å². The predicted molar refractivity (Wildman–Crippen MR) is 119 cm³/mol. The molecule has 0 unspecified atom stereocenters. The molecule has 0 amide bonds. The van der Waals surface area contributed by atoms with Crippen LogP contribution in [-0.4, -0.2) is 25.7 Å². The smallest absolute Gasteiger partial charge is 0.224 e. The highest BCUT2D eigenvalue weighted by molar-refractivity contribution is 7.99. The average Bonchev–Trinajstić information content (AvgIpc) is 2.74. The van der Waals surface area contributed by atoms with Gasteiger partial charge in [-0.25, -0.2) is 4.98 Å². The fourth-order valence-electron chi connectivity index (χ4n) is 3.70. The van der Waals surface area contributed by atoms with E-state index >= 15 is 0 Å². The van der Waals surface area contributed by atoms with Crippen LogP contribution in [0.3, 0.4) is 0 Å². The third-order valence-corrected chi connectivity index (χ3v) is 6.17. The summed E-state index contributed by atoms with van der Waals surface area (Å²) in [4.78, 5) is 17.4. The van der Waals surface area contributed by atoms with E-state index in [2.05, 4.69) is 26.0 Å². The monoisotopic (exact) mass is 435 g/mol. The van der Waals surface area contributed by atoms with Crippen molar-refractivity contribution in [2.24, 2.45) is 0 Å². The molecular weight excluding hydrogens is 418 g/mol. The molecule has 2 aromatic carbocycles. The first-order valence-electron chi connectivity index (χ1n) is 9.53. The zero-order chi connectivity index (χ0) is 20.5. The van der Waals surface area contributed by atoms with E-state index in [9.17, 15) is 0 Å². The molecule has 0 atom stereocenters. The third-order valence-electron chi connectivity index (χ3n) is 5.02. The average molecular weight is 436 g/mol. The van der Waals surface area contributed by atoms with Crippen LogP contribution in [0, 0.1) is 0 Å². The lowest BCUT2D eigenvalue weighted by Crippen LogP contribution is -2.07. The van der Waals surface area contributed by atoms with Gasteiger partial charge in [-0.3, -0.25) is 4.98 Å². The lowest BCUT2D eigenvalue weighted by molar-refractivity contribution is 0.103. The number of anilines is 1. The van der Waals surface area contributed by atoms with Gasteiger partial charge >= 0.3 is 0 Å². The topological polar surface area (TPSA) is 86.8 Å². The van der Waals surface area contributed by atoms with Gasteiger partial charge in [-0.15, -0.1) is 0 Å².